The van der Waals surface area contributed by atoms with Crippen LogP contribution in [0.2, 0.25) is 0 Å². The van der Waals surface area contributed by atoms with Gasteiger partial charge in [-0.2, -0.15) is 0 Å². The molecule has 1 nitrogen and oxygen atoms in total. The van der Waals surface area contributed by atoms with Gasteiger partial charge in [-0.25, -0.2) is 4.39 Å². The van der Waals surface area contributed by atoms with Crippen molar-refractivity contribution in [2.24, 2.45) is 0 Å². The summed E-state index contributed by atoms with van der Waals surface area (Å²) in [6.07, 6.45) is 3.63. The van der Waals surface area contributed by atoms with Crippen LogP contribution in [0.4, 0.5) is 4.39 Å². The number of fused-ring (bicyclic) bond motifs is 1. The Hall–Kier alpha value is -0.930. The van der Waals surface area contributed by atoms with Gasteiger partial charge in [0.15, 0.2) is 0 Å². The van der Waals surface area contributed by atoms with Crippen molar-refractivity contribution in [1.82, 2.24) is 5.32 Å². The molecule has 1 saturated carbocycles. The van der Waals surface area contributed by atoms with E-state index in [4.69, 9.17) is 0 Å². The van der Waals surface area contributed by atoms with E-state index in [1.807, 2.05) is 6.07 Å². The van der Waals surface area contributed by atoms with Crippen LogP contribution in [0.1, 0.15) is 30.2 Å². The lowest BCUT2D eigenvalue weighted by Gasteiger charge is -2.03. The summed E-state index contributed by atoms with van der Waals surface area (Å²) < 4.78 is 14.3. The van der Waals surface area contributed by atoms with Gasteiger partial charge in [-0.05, 0) is 42.3 Å². The second-order valence-electron chi connectivity index (χ2n) is 4.65. The van der Waals surface area contributed by atoms with E-state index in [0.717, 1.165) is 23.7 Å². The van der Waals surface area contributed by atoms with Crippen LogP contribution in [0.25, 0.3) is 10.1 Å². The maximum Gasteiger partial charge on any atom is 0.124 e. The first-order valence-corrected chi connectivity index (χ1v) is 7.02. The molecule has 0 unspecified atom stereocenters. The summed E-state index contributed by atoms with van der Waals surface area (Å²) in [6.45, 7) is 3.11. The minimum atomic E-state index is -0.136. The van der Waals surface area contributed by atoms with Crippen LogP contribution in [0.5, 0.6) is 0 Å². The maximum atomic E-state index is 13.2. The first kappa shape index (κ1) is 11.2. The van der Waals surface area contributed by atoms with Gasteiger partial charge in [-0.1, -0.05) is 13.0 Å². The van der Waals surface area contributed by atoms with Crippen LogP contribution in [-0.4, -0.2) is 6.04 Å². The molecule has 90 valence electrons. The molecule has 17 heavy (non-hydrogen) atoms. The molecule has 1 N–H and O–H groups in total. The van der Waals surface area contributed by atoms with Gasteiger partial charge >= 0.3 is 0 Å². The van der Waals surface area contributed by atoms with E-state index < -0.39 is 0 Å². The van der Waals surface area contributed by atoms with Crippen LogP contribution >= 0.6 is 11.3 Å². The molecule has 0 atom stereocenters. The van der Waals surface area contributed by atoms with Crippen molar-refractivity contribution in [2.75, 3.05) is 0 Å². The Labute approximate surface area is 105 Å². The Morgan fingerprint density at radius 1 is 1.41 bits per heavy atom. The van der Waals surface area contributed by atoms with E-state index in [2.05, 4.69) is 12.2 Å². The highest BCUT2D eigenvalue weighted by atomic mass is 32.1. The predicted molar refractivity (Wildman–Crippen MR) is 71.0 cm³/mol. The molecular formula is C14H16FNS. The van der Waals surface area contributed by atoms with Crippen molar-refractivity contribution in [3.8, 4) is 0 Å². The SMILES string of the molecule is CCc1c(CNC2CC2)sc2cc(F)ccc12. The fourth-order valence-corrected chi connectivity index (χ4v) is 3.50. The number of hydrogen-bond donors (Lipinski definition) is 1. The Balaban J connectivity index is 1.97. The minimum absolute atomic E-state index is 0.136. The average Bonchev–Trinajstić information content (AvgIpc) is 3.07. The number of hydrogen-bond acceptors (Lipinski definition) is 2. The van der Waals surface area contributed by atoms with Crippen molar-refractivity contribution in [1.29, 1.82) is 0 Å². The average molecular weight is 249 g/mol. The zero-order valence-electron chi connectivity index (χ0n) is 9.92. The van der Waals surface area contributed by atoms with Crippen LogP contribution < -0.4 is 5.32 Å². The first-order chi connectivity index (χ1) is 8.28. The Morgan fingerprint density at radius 2 is 2.24 bits per heavy atom. The Kier molecular flexibility index (Phi) is 2.89. The second kappa shape index (κ2) is 4.39. The zero-order chi connectivity index (χ0) is 11.8. The van der Waals surface area contributed by atoms with E-state index in [1.54, 1.807) is 23.5 Å². The molecule has 0 spiro atoms. The fourth-order valence-electron chi connectivity index (χ4n) is 2.23. The summed E-state index contributed by atoms with van der Waals surface area (Å²) >= 11 is 1.73. The number of halogens is 1. The third-order valence-corrected chi connectivity index (χ3v) is 4.52. The Bertz CT molecular complexity index is 542. The Morgan fingerprint density at radius 3 is 2.94 bits per heavy atom. The molecule has 1 aliphatic carbocycles. The van der Waals surface area contributed by atoms with Gasteiger partial charge < -0.3 is 5.32 Å². The lowest BCUT2D eigenvalue weighted by molar-refractivity contribution is 0.630. The van der Waals surface area contributed by atoms with Crippen LogP contribution in [0.15, 0.2) is 18.2 Å². The number of nitrogens with one attached hydrogen (secondary N) is 1. The molecule has 1 fully saturated rings. The number of aryl methyl sites for hydroxylation is 1. The van der Waals surface area contributed by atoms with Gasteiger partial charge in [0, 0.05) is 22.2 Å². The van der Waals surface area contributed by atoms with E-state index in [-0.39, 0.29) is 5.82 Å². The molecule has 0 radical (unpaired) electrons. The quantitative estimate of drug-likeness (QED) is 0.867. The molecule has 1 heterocycles. The minimum Gasteiger partial charge on any atom is -0.309 e. The number of benzene rings is 1. The van der Waals surface area contributed by atoms with E-state index in [9.17, 15) is 4.39 Å². The highest BCUT2D eigenvalue weighted by Crippen LogP contribution is 2.33. The maximum absolute atomic E-state index is 13.2. The van der Waals surface area contributed by atoms with Crippen molar-refractivity contribution >= 4 is 21.4 Å². The highest BCUT2D eigenvalue weighted by molar-refractivity contribution is 7.19. The number of rotatable bonds is 4. The molecule has 0 amide bonds. The van der Waals surface area contributed by atoms with Gasteiger partial charge in [-0.15, -0.1) is 11.3 Å². The van der Waals surface area contributed by atoms with E-state index in [0.29, 0.717) is 0 Å². The summed E-state index contributed by atoms with van der Waals surface area (Å²) in [5, 5.41) is 4.77. The molecule has 2 aromatic rings. The van der Waals surface area contributed by atoms with Crippen LogP contribution in [0.3, 0.4) is 0 Å². The molecule has 0 bridgehead atoms. The van der Waals surface area contributed by atoms with Gasteiger partial charge in [0.1, 0.15) is 5.82 Å². The molecular weight excluding hydrogens is 233 g/mol. The molecule has 3 rings (SSSR count). The molecule has 0 aliphatic heterocycles. The van der Waals surface area contributed by atoms with Gasteiger partial charge in [0.05, 0.1) is 0 Å². The summed E-state index contributed by atoms with van der Waals surface area (Å²) in [7, 11) is 0. The normalized spacial score (nSPS) is 15.6. The topological polar surface area (TPSA) is 12.0 Å². The van der Waals surface area contributed by atoms with Crippen molar-refractivity contribution in [3.63, 3.8) is 0 Å². The molecule has 3 heteroatoms. The molecule has 1 aromatic carbocycles. The molecule has 1 aliphatic rings. The summed E-state index contributed by atoms with van der Waals surface area (Å²) in [5.74, 6) is -0.136. The highest BCUT2D eigenvalue weighted by Gasteiger charge is 2.21. The molecule has 0 saturated heterocycles. The second-order valence-corrected chi connectivity index (χ2v) is 5.79. The smallest absolute Gasteiger partial charge is 0.124 e. The van der Waals surface area contributed by atoms with E-state index >= 15 is 0 Å². The lowest BCUT2D eigenvalue weighted by Crippen LogP contribution is -2.15. The summed E-state index contributed by atoms with van der Waals surface area (Å²) in [5.41, 5.74) is 1.39. The largest absolute Gasteiger partial charge is 0.309 e. The predicted octanol–water partition coefficient (Wildman–Crippen LogP) is 3.85. The number of thiophene rings is 1. The standard InChI is InChI=1S/C14H16FNS/c1-2-11-12-6-3-9(15)7-13(12)17-14(11)8-16-10-4-5-10/h3,6-7,10,16H,2,4-5,8H2,1H3. The van der Waals surface area contributed by atoms with Crippen LogP contribution in [0, 0.1) is 5.82 Å². The van der Waals surface area contributed by atoms with Gasteiger partial charge in [0.25, 0.3) is 0 Å². The monoisotopic (exact) mass is 249 g/mol. The third-order valence-electron chi connectivity index (χ3n) is 3.32. The first-order valence-electron chi connectivity index (χ1n) is 6.21. The molecule has 1 aromatic heterocycles. The van der Waals surface area contributed by atoms with Crippen molar-refractivity contribution < 1.29 is 4.39 Å². The summed E-state index contributed by atoms with van der Waals surface area (Å²) in [6, 6.07) is 5.86. The lowest BCUT2D eigenvalue weighted by atomic mass is 10.1. The van der Waals surface area contributed by atoms with E-state index in [1.165, 1.54) is 28.7 Å². The van der Waals surface area contributed by atoms with Gasteiger partial charge in [0.2, 0.25) is 0 Å². The van der Waals surface area contributed by atoms with Crippen molar-refractivity contribution in [2.45, 2.75) is 38.8 Å². The van der Waals surface area contributed by atoms with Crippen LogP contribution in [-0.2, 0) is 13.0 Å². The van der Waals surface area contributed by atoms with Crippen molar-refractivity contribution in [3.05, 3.63) is 34.5 Å². The van der Waals surface area contributed by atoms with Gasteiger partial charge in [-0.3, -0.25) is 0 Å². The third kappa shape index (κ3) is 2.22. The zero-order valence-corrected chi connectivity index (χ0v) is 10.7. The summed E-state index contributed by atoms with van der Waals surface area (Å²) in [4.78, 5) is 1.38. The fraction of sp³-hybridized carbons (Fsp3) is 0.429.